The van der Waals surface area contributed by atoms with E-state index in [1.165, 1.54) is 12.8 Å². The number of nitrogens with one attached hydrogen (secondary N) is 1. The van der Waals surface area contributed by atoms with Gasteiger partial charge in [0.2, 0.25) is 0 Å². The maximum Gasteiger partial charge on any atom is 0.0898 e. The van der Waals surface area contributed by atoms with Gasteiger partial charge in [-0.15, -0.1) is 0 Å². The van der Waals surface area contributed by atoms with Crippen LogP contribution in [0.3, 0.4) is 0 Å². The van der Waals surface area contributed by atoms with Crippen molar-refractivity contribution >= 4 is 0 Å². The average Bonchev–Trinajstić information content (AvgIpc) is 2.34. The van der Waals surface area contributed by atoms with Crippen molar-refractivity contribution < 1.29 is 14.9 Å². The molecule has 0 spiro atoms. The zero-order chi connectivity index (χ0) is 14.5. The Morgan fingerprint density at radius 3 is 2.58 bits per heavy atom. The summed E-state index contributed by atoms with van der Waals surface area (Å²) in [7, 11) is 0. The third-order valence-electron chi connectivity index (χ3n) is 4.25. The van der Waals surface area contributed by atoms with Gasteiger partial charge in [-0.2, -0.15) is 0 Å². The molecule has 0 aromatic carbocycles. The monoisotopic (exact) mass is 273 g/mol. The molecule has 1 aliphatic carbocycles. The number of aliphatic hydroxyl groups excluding tert-OH is 2. The third kappa shape index (κ3) is 6.21. The van der Waals surface area contributed by atoms with Crippen LogP contribution in [0.4, 0.5) is 0 Å². The molecular weight excluding hydrogens is 242 g/mol. The summed E-state index contributed by atoms with van der Waals surface area (Å²) >= 11 is 0. The zero-order valence-corrected chi connectivity index (χ0v) is 12.9. The van der Waals surface area contributed by atoms with Gasteiger partial charge in [-0.1, -0.05) is 19.8 Å². The summed E-state index contributed by atoms with van der Waals surface area (Å²) in [5.41, 5.74) is -0.389. The Labute approximate surface area is 117 Å². The maximum atomic E-state index is 9.92. The molecule has 0 saturated heterocycles. The Morgan fingerprint density at radius 1 is 1.32 bits per heavy atom. The highest BCUT2D eigenvalue weighted by Gasteiger charge is 2.25. The SMILES string of the molecule is CC1CCCC(OCC(O)CNC(C)(C)C(C)O)C1. The van der Waals surface area contributed by atoms with Gasteiger partial charge in [-0.25, -0.2) is 0 Å². The van der Waals surface area contributed by atoms with Crippen molar-refractivity contribution in [3.05, 3.63) is 0 Å². The predicted octanol–water partition coefficient (Wildman–Crippen LogP) is 1.69. The summed E-state index contributed by atoms with van der Waals surface area (Å²) in [6, 6.07) is 0. The standard InChI is InChI=1S/C15H31NO3/c1-11-6-5-7-14(8-11)19-10-13(18)9-16-15(3,4)12(2)17/h11-14,16-18H,5-10H2,1-4H3. The Hall–Kier alpha value is -0.160. The summed E-state index contributed by atoms with van der Waals surface area (Å²) in [6.45, 7) is 8.68. The van der Waals surface area contributed by atoms with Crippen molar-refractivity contribution in [2.45, 2.75) is 77.2 Å². The highest BCUT2D eigenvalue weighted by atomic mass is 16.5. The summed E-state index contributed by atoms with van der Waals surface area (Å²) in [5.74, 6) is 0.739. The van der Waals surface area contributed by atoms with Crippen LogP contribution >= 0.6 is 0 Å². The fraction of sp³-hybridized carbons (Fsp3) is 1.00. The highest BCUT2D eigenvalue weighted by molar-refractivity contribution is 4.84. The van der Waals surface area contributed by atoms with Crippen molar-refractivity contribution in [2.24, 2.45) is 5.92 Å². The topological polar surface area (TPSA) is 61.7 Å². The molecule has 0 amide bonds. The number of hydrogen-bond acceptors (Lipinski definition) is 4. The number of β-amino-alcohol motifs (C(OH)–C–C–N with tert-alkyl or cyclic N) is 1. The second-order valence-electron chi connectivity index (χ2n) is 6.66. The molecule has 4 atom stereocenters. The number of hydrogen-bond donors (Lipinski definition) is 3. The first kappa shape index (κ1) is 16.9. The van der Waals surface area contributed by atoms with E-state index < -0.39 is 12.2 Å². The van der Waals surface area contributed by atoms with Crippen LogP contribution in [-0.2, 0) is 4.74 Å². The van der Waals surface area contributed by atoms with E-state index in [0.29, 0.717) is 19.3 Å². The number of rotatable bonds is 7. The lowest BCUT2D eigenvalue weighted by Crippen LogP contribution is -2.51. The maximum absolute atomic E-state index is 9.92. The molecule has 0 aliphatic heterocycles. The van der Waals surface area contributed by atoms with E-state index in [9.17, 15) is 10.2 Å². The van der Waals surface area contributed by atoms with Gasteiger partial charge in [0.15, 0.2) is 0 Å². The normalized spacial score (nSPS) is 28.1. The Balaban J connectivity index is 2.19. The van der Waals surface area contributed by atoms with E-state index in [1.54, 1.807) is 6.92 Å². The molecule has 19 heavy (non-hydrogen) atoms. The van der Waals surface area contributed by atoms with E-state index in [1.807, 2.05) is 13.8 Å². The van der Waals surface area contributed by atoms with E-state index in [-0.39, 0.29) is 5.54 Å². The summed E-state index contributed by atoms with van der Waals surface area (Å²) in [4.78, 5) is 0. The van der Waals surface area contributed by atoms with Crippen molar-refractivity contribution in [3.63, 3.8) is 0 Å². The van der Waals surface area contributed by atoms with Gasteiger partial charge in [0.1, 0.15) is 0 Å². The van der Waals surface area contributed by atoms with Gasteiger partial charge in [-0.3, -0.25) is 0 Å². The van der Waals surface area contributed by atoms with Crippen LogP contribution in [0.2, 0.25) is 0 Å². The van der Waals surface area contributed by atoms with Gasteiger partial charge >= 0.3 is 0 Å². The molecule has 0 aromatic rings. The largest absolute Gasteiger partial charge is 0.392 e. The van der Waals surface area contributed by atoms with E-state index in [0.717, 1.165) is 18.8 Å². The molecule has 4 heteroatoms. The summed E-state index contributed by atoms with van der Waals surface area (Å²) in [6.07, 6.45) is 4.09. The van der Waals surface area contributed by atoms with Gasteiger partial charge in [-0.05, 0) is 39.5 Å². The van der Waals surface area contributed by atoms with E-state index >= 15 is 0 Å². The molecule has 0 radical (unpaired) electrons. The molecule has 0 heterocycles. The van der Waals surface area contributed by atoms with E-state index in [4.69, 9.17) is 4.74 Å². The molecule has 4 nitrogen and oxygen atoms in total. The number of aliphatic hydroxyl groups is 2. The Bertz CT molecular complexity index is 256. The number of ether oxygens (including phenoxy) is 1. The first-order valence-corrected chi connectivity index (χ1v) is 7.54. The first-order valence-electron chi connectivity index (χ1n) is 7.54. The van der Waals surface area contributed by atoms with Crippen LogP contribution in [0.5, 0.6) is 0 Å². The van der Waals surface area contributed by atoms with Crippen LogP contribution in [0.1, 0.15) is 53.4 Å². The Kier molecular flexibility index (Phi) is 6.74. The molecule has 1 saturated carbocycles. The van der Waals surface area contributed by atoms with Crippen LogP contribution in [0.25, 0.3) is 0 Å². The Morgan fingerprint density at radius 2 is 2.00 bits per heavy atom. The van der Waals surface area contributed by atoms with Crippen LogP contribution < -0.4 is 5.32 Å². The minimum atomic E-state index is -0.518. The van der Waals surface area contributed by atoms with Crippen LogP contribution in [0, 0.1) is 5.92 Å². The van der Waals surface area contributed by atoms with Gasteiger partial charge < -0.3 is 20.3 Å². The molecular formula is C15H31NO3. The minimum Gasteiger partial charge on any atom is -0.392 e. The second-order valence-corrected chi connectivity index (χ2v) is 6.66. The molecule has 0 aromatic heterocycles. The van der Waals surface area contributed by atoms with Gasteiger partial charge in [0.25, 0.3) is 0 Å². The average molecular weight is 273 g/mol. The summed E-state index contributed by atoms with van der Waals surface area (Å²) in [5, 5.41) is 22.7. The third-order valence-corrected chi connectivity index (χ3v) is 4.25. The molecule has 1 aliphatic rings. The minimum absolute atomic E-state index is 0.308. The lowest BCUT2D eigenvalue weighted by Gasteiger charge is -2.31. The van der Waals surface area contributed by atoms with E-state index in [2.05, 4.69) is 12.2 Å². The van der Waals surface area contributed by atoms with Crippen molar-refractivity contribution in [1.29, 1.82) is 0 Å². The smallest absolute Gasteiger partial charge is 0.0898 e. The lowest BCUT2D eigenvalue weighted by atomic mass is 9.89. The molecule has 0 bridgehead atoms. The lowest BCUT2D eigenvalue weighted by molar-refractivity contribution is -0.0340. The van der Waals surface area contributed by atoms with Crippen molar-refractivity contribution in [2.75, 3.05) is 13.2 Å². The fourth-order valence-electron chi connectivity index (χ4n) is 2.36. The quantitative estimate of drug-likeness (QED) is 0.660. The van der Waals surface area contributed by atoms with Crippen LogP contribution in [-0.4, -0.2) is 47.2 Å². The second kappa shape index (κ2) is 7.58. The fourth-order valence-corrected chi connectivity index (χ4v) is 2.36. The van der Waals surface area contributed by atoms with Crippen molar-refractivity contribution in [1.82, 2.24) is 5.32 Å². The first-order chi connectivity index (χ1) is 8.81. The van der Waals surface area contributed by atoms with Gasteiger partial charge in [0, 0.05) is 12.1 Å². The van der Waals surface area contributed by atoms with Crippen molar-refractivity contribution in [3.8, 4) is 0 Å². The molecule has 3 N–H and O–H groups in total. The molecule has 114 valence electrons. The molecule has 1 fully saturated rings. The van der Waals surface area contributed by atoms with Gasteiger partial charge in [0.05, 0.1) is 24.9 Å². The highest BCUT2D eigenvalue weighted by Crippen LogP contribution is 2.25. The zero-order valence-electron chi connectivity index (χ0n) is 12.9. The summed E-state index contributed by atoms with van der Waals surface area (Å²) < 4.78 is 5.79. The molecule has 4 unspecified atom stereocenters. The predicted molar refractivity (Wildman–Crippen MR) is 77.1 cm³/mol. The molecule has 1 rings (SSSR count). The van der Waals surface area contributed by atoms with Crippen LogP contribution in [0.15, 0.2) is 0 Å².